The van der Waals surface area contributed by atoms with Gasteiger partial charge in [-0.25, -0.2) is 0 Å². The molecule has 0 radical (unpaired) electrons. The van der Waals surface area contributed by atoms with Gasteiger partial charge in [-0.15, -0.1) is 0 Å². The maximum atomic E-state index is 5.42. The molecule has 114 valence electrons. The lowest BCUT2D eigenvalue weighted by Gasteiger charge is -2.01. The molecule has 2 aromatic carbocycles. The highest BCUT2D eigenvalue weighted by Gasteiger charge is 2.13. The van der Waals surface area contributed by atoms with Gasteiger partial charge in [-0.1, -0.05) is 23.4 Å². The van der Waals surface area contributed by atoms with E-state index in [2.05, 4.69) is 20.3 Å². The SMILES string of the molecule is COc1cccc(Cc2noc(-c3cccc4[nH]ncc34)n2)c1. The number of nitrogens with one attached hydrogen (secondary N) is 1. The van der Waals surface area contributed by atoms with E-state index in [4.69, 9.17) is 9.26 Å². The summed E-state index contributed by atoms with van der Waals surface area (Å²) in [4.78, 5) is 4.50. The summed E-state index contributed by atoms with van der Waals surface area (Å²) < 4.78 is 10.7. The summed E-state index contributed by atoms with van der Waals surface area (Å²) >= 11 is 0. The lowest BCUT2D eigenvalue weighted by atomic mass is 10.1. The minimum Gasteiger partial charge on any atom is -0.497 e. The van der Waals surface area contributed by atoms with Crippen LogP contribution in [0.4, 0.5) is 0 Å². The molecule has 1 N–H and O–H groups in total. The molecular weight excluding hydrogens is 292 g/mol. The van der Waals surface area contributed by atoms with Gasteiger partial charge in [-0.3, -0.25) is 5.10 Å². The van der Waals surface area contributed by atoms with Crippen LogP contribution in [0, 0.1) is 0 Å². The average molecular weight is 306 g/mol. The summed E-state index contributed by atoms with van der Waals surface area (Å²) in [5.74, 6) is 1.94. The lowest BCUT2D eigenvalue weighted by molar-refractivity contribution is 0.414. The van der Waals surface area contributed by atoms with Crippen molar-refractivity contribution in [2.24, 2.45) is 0 Å². The van der Waals surface area contributed by atoms with Gasteiger partial charge in [0, 0.05) is 11.8 Å². The van der Waals surface area contributed by atoms with E-state index in [-0.39, 0.29) is 0 Å². The standard InChI is InChI=1S/C17H14N4O2/c1-22-12-5-2-4-11(8-12)9-16-19-17(23-21-16)13-6-3-7-15-14(13)10-18-20-15/h2-8,10H,9H2,1H3,(H,18,20). The second-order valence-corrected chi connectivity index (χ2v) is 5.18. The van der Waals surface area contributed by atoms with Crippen LogP contribution in [-0.4, -0.2) is 27.4 Å². The first kappa shape index (κ1) is 13.5. The molecule has 2 aromatic heterocycles. The maximum absolute atomic E-state index is 5.42. The predicted octanol–water partition coefficient (Wildman–Crippen LogP) is 3.21. The molecule has 0 fully saturated rings. The van der Waals surface area contributed by atoms with Crippen LogP contribution in [-0.2, 0) is 6.42 Å². The fraction of sp³-hybridized carbons (Fsp3) is 0.118. The molecule has 4 aromatic rings. The topological polar surface area (TPSA) is 76.8 Å². The summed E-state index contributed by atoms with van der Waals surface area (Å²) in [7, 11) is 1.65. The fourth-order valence-corrected chi connectivity index (χ4v) is 2.55. The molecule has 6 heteroatoms. The molecule has 0 aliphatic rings. The Morgan fingerprint density at radius 3 is 3.00 bits per heavy atom. The average Bonchev–Trinajstić information content (AvgIpc) is 3.23. The number of fused-ring (bicyclic) bond motifs is 1. The summed E-state index contributed by atoms with van der Waals surface area (Å²) in [6, 6.07) is 13.7. The lowest BCUT2D eigenvalue weighted by Crippen LogP contribution is -1.92. The number of rotatable bonds is 4. The molecule has 4 rings (SSSR count). The molecule has 0 unspecified atom stereocenters. The molecule has 0 saturated carbocycles. The van der Waals surface area contributed by atoms with Crippen molar-refractivity contribution in [1.29, 1.82) is 0 Å². The monoisotopic (exact) mass is 306 g/mol. The number of ether oxygens (including phenoxy) is 1. The Morgan fingerprint density at radius 2 is 2.09 bits per heavy atom. The molecule has 0 spiro atoms. The maximum Gasteiger partial charge on any atom is 0.258 e. The Balaban J connectivity index is 1.65. The molecule has 0 bridgehead atoms. The Labute approximate surface area is 132 Å². The van der Waals surface area contributed by atoms with Crippen LogP contribution >= 0.6 is 0 Å². The smallest absolute Gasteiger partial charge is 0.258 e. The van der Waals surface area contributed by atoms with Crippen LogP contribution < -0.4 is 4.74 Å². The van der Waals surface area contributed by atoms with Crippen molar-refractivity contribution in [3.8, 4) is 17.2 Å². The van der Waals surface area contributed by atoms with Crippen LogP contribution in [0.2, 0.25) is 0 Å². The number of hydrogen-bond donors (Lipinski definition) is 1. The summed E-state index contributed by atoms with van der Waals surface area (Å²) in [6.07, 6.45) is 2.35. The quantitative estimate of drug-likeness (QED) is 0.626. The molecule has 6 nitrogen and oxygen atoms in total. The molecule has 2 heterocycles. The Bertz CT molecular complexity index is 958. The van der Waals surface area contributed by atoms with Gasteiger partial charge in [0.15, 0.2) is 5.82 Å². The van der Waals surface area contributed by atoms with E-state index in [0.717, 1.165) is 27.8 Å². The highest BCUT2D eigenvalue weighted by molar-refractivity contribution is 5.91. The molecule has 0 amide bonds. The van der Waals surface area contributed by atoms with E-state index in [0.29, 0.717) is 18.1 Å². The zero-order valence-corrected chi connectivity index (χ0v) is 12.5. The fourth-order valence-electron chi connectivity index (χ4n) is 2.55. The highest BCUT2D eigenvalue weighted by atomic mass is 16.5. The first-order chi connectivity index (χ1) is 11.3. The van der Waals surface area contributed by atoms with Crippen molar-refractivity contribution in [2.45, 2.75) is 6.42 Å². The minimum absolute atomic E-state index is 0.495. The van der Waals surface area contributed by atoms with E-state index < -0.39 is 0 Å². The van der Waals surface area contributed by atoms with E-state index >= 15 is 0 Å². The van der Waals surface area contributed by atoms with Crippen LogP contribution in [0.3, 0.4) is 0 Å². The van der Waals surface area contributed by atoms with Crippen molar-refractivity contribution in [2.75, 3.05) is 7.11 Å². The Morgan fingerprint density at radius 1 is 1.17 bits per heavy atom. The highest BCUT2D eigenvalue weighted by Crippen LogP contribution is 2.26. The van der Waals surface area contributed by atoms with Gasteiger partial charge in [-0.2, -0.15) is 10.1 Å². The zero-order chi connectivity index (χ0) is 15.6. The Kier molecular flexibility index (Phi) is 3.27. The summed E-state index contributed by atoms with van der Waals surface area (Å²) in [5.41, 5.74) is 2.88. The summed E-state index contributed by atoms with van der Waals surface area (Å²) in [6.45, 7) is 0. The largest absolute Gasteiger partial charge is 0.497 e. The van der Waals surface area contributed by atoms with Crippen molar-refractivity contribution >= 4 is 10.9 Å². The van der Waals surface area contributed by atoms with E-state index in [1.165, 1.54) is 0 Å². The number of benzene rings is 2. The second-order valence-electron chi connectivity index (χ2n) is 5.18. The molecular formula is C17H14N4O2. The first-order valence-corrected chi connectivity index (χ1v) is 7.21. The van der Waals surface area contributed by atoms with Crippen LogP contribution in [0.5, 0.6) is 5.75 Å². The van der Waals surface area contributed by atoms with Gasteiger partial charge in [-0.05, 0) is 29.8 Å². The molecule has 0 aliphatic carbocycles. The van der Waals surface area contributed by atoms with Crippen LogP contribution in [0.25, 0.3) is 22.4 Å². The molecule has 0 aliphatic heterocycles. The van der Waals surface area contributed by atoms with Gasteiger partial charge in [0.2, 0.25) is 0 Å². The van der Waals surface area contributed by atoms with E-state index in [1.54, 1.807) is 13.3 Å². The predicted molar refractivity (Wildman–Crippen MR) is 85.2 cm³/mol. The van der Waals surface area contributed by atoms with Crippen LogP contribution in [0.15, 0.2) is 53.2 Å². The second kappa shape index (κ2) is 5.57. The third-order valence-electron chi connectivity index (χ3n) is 3.68. The molecule has 0 saturated heterocycles. The number of nitrogens with zero attached hydrogens (tertiary/aromatic N) is 3. The summed E-state index contributed by atoms with van der Waals surface area (Å²) in [5, 5.41) is 12.0. The van der Waals surface area contributed by atoms with Crippen molar-refractivity contribution in [3.63, 3.8) is 0 Å². The Hall–Kier alpha value is -3.15. The van der Waals surface area contributed by atoms with Gasteiger partial charge in [0.05, 0.1) is 24.4 Å². The van der Waals surface area contributed by atoms with Gasteiger partial charge < -0.3 is 9.26 Å². The van der Waals surface area contributed by atoms with Crippen LogP contribution in [0.1, 0.15) is 11.4 Å². The van der Waals surface area contributed by atoms with Gasteiger partial charge >= 0.3 is 0 Å². The minimum atomic E-state index is 0.495. The van der Waals surface area contributed by atoms with Gasteiger partial charge in [0.1, 0.15) is 5.75 Å². The third kappa shape index (κ3) is 2.55. The number of aromatic nitrogens is 4. The number of H-pyrrole nitrogens is 1. The van der Waals surface area contributed by atoms with Crippen molar-refractivity contribution in [3.05, 3.63) is 60.0 Å². The van der Waals surface area contributed by atoms with Crippen molar-refractivity contribution < 1.29 is 9.26 Å². The number of aromatic amines is 1. The first-order valence-electron chi connectivity index (χ1n) is 7.21. The molecule has 23 heavy (non-hydrogen) atoms. The van der Waals surface area contributed by atoms with E-state index in [9.17, 15) is 0 Å². The number of methoxy groups -OCH3 is 1. The zero-order valence-electron chi connectivity index (χ0n) is 12.5. The van der Waals surface area contributed by atoms with E-state index in [1.807, 2.05) is 42.5 Å². The third-order valence-corrected chi connectivity index (χ3v) is 3.68. The van der Waals surface area contributed by atoms with Crippen molar-refractivity contribution in [1.82, 2.24) is 20.3 Å². The number of hydrogen-bond acceptors (Lipinski definition) is 5. The van der Waals surface area contributed by atoms with Gasteiger partial charge in [0.25, 0.3) is 5.89 Å². The molecule has 0 atom stereocenters. The normalized spacial score (nSPS) is 11.0.